The zero-order chi connectivity index (χ0) is 38.9. The molecule has 0 amide bonds. The van der Waals surface area contributed by atoms with E-state index in [-0.39, 0.29) is 35.4 Å². The largest absolute Gasteiger partial charge is 0.311 e. The maximum Gasteiger partial charge on any atom is 0.0645 e. The van der Waals surface area contributed by atoms with E-state index in [0.29, 0.717) is 11.3 Å². The van der Waals surface area contributed by atoms with Gasteiger partial charge in [0.2, 0.25) is 0 Å². The van der Waals surface area contributed by atoms with Crippen LogP contribution in [0.1, 0.15) is 5.48 Å². The lowest BCUT2D eigenvalue weighted by atomic mass is 9.89. The first-order valence-electron chi connectivity index (χ1n) is 19.9. The van der Waals surface area contributed by atoms with E-state index in [9.17, 15) is 5.48 Å². The van der Waals surface area contributed by atoms with Crippen LogP contribution >= 0.6 is 0 Å². The lowest BCUT2D eigenvalue weighted by Gasteiger charge is -2.26. The first kappa shape index (κ1) is 27.7. The second-order valence-electron chi connectivity index (χ2n) is 13.0. The summed E-state index contributed by atoms with van der Waals surface area (Å²) in [6, 6.07) is 66.8. The topological polar surface area (TPSA) is 3.24 Å². The van der Waals surface area contributed by atoms with Crippen LogP contribution in [-0.4, -0.2) is 0 Å². The van der Waals surface area contributed by atoms with Gasteiger partial charge in [-0.15, -0.1) is 0 Å². The first-order chi connectivity index (χ1) is 28.0. The molecule has 250 valence electrons. The maximum atomic E-state index is 9.50. The van der Waals surface area contributed by atoms with Crippen LogP contribution in [0.15, 0.2) is 224 Å². The maximum absolute atomic E-state index is 9.50. The van der Waals surface area contributed by atoms with Crippen molar-refractivity contribution in [3.8, 4) is 55.6 Å². The third-order valence-corrected chi connectivity index (χ3v) is 9.75. The number of anilines is 3. The molecule has 9 rings (SSSR count). The Balaban J connectivity index is 1.20. The fourth-order valence-corrected chi connectivity index (χ4v) is 7.11. The van der Waals surface area contributed by atoms with E-state index in [1.54, 1.807) is 0 Å². The van der Waals surface area contributed by atoms with Crippen LogP contribution in [0.5, 0.6) is 0 Å². The van der Waals surface area contributed by atoms with E-state index in [4.69, 9.17) is 0 Å². The number of hydrogen-bond acceptors (Lipinski definition) is 1. The molecule has 53 heavy (non-hydrogen) atoms. The summed E-state index contributed by atoms with van der Waals surface area (Å²) >= 11 is 0. The Morgan fingerprint density at radius 2 is 0.774 bits per heavy atom. The molecule has 0 radical (unpaired) electrons. The minimum Gasteiger partial charge on any atom is -0.311 e. The molecule has 0 N–H and O–H groups in total. The Morgan fingerprint density at radius 3 is 1.40 bits per heavy atom. The quantitative estimate of drug-likeness (QED) is 0.154. The van der Waals surface area contributed by atoms with Crippen molar-refractivity contribution >= 4 is 27.8 Å². The van der Waals surface area contributed by atoms with Gasteiger partial charge < -0.3 is 4.90 Å². The Kier molecular flexibility index (Phi) is 7.50. The van der Waals surface area contributed by atoms with E-state index in [2.05, 4.69) is 84.9 Å². The second-order valence-corrected chi connectivity index (χ2v) is 13.0. The normalized spacial score (nSPS) is 12.1. The van der Waals surface area contributed by atoms with Crippen molar-refractivity contribution in [2.24, 2.45) is 0 Å². The Morgan fingerprint density at radius 1 is 0.302 bits per heavy atom. The summed E-state index contributed by atoms with van der Waals surface area (Å²) in [6.07, 6.45) is 0. The van der Waals surface area contributed by atoms with Crippen LogP contribution in [0.4, 0.5) is 17.1 Å². The van der Waals surface area contributed by atoms with E-state index in [0.717, 1.165) is 61.0 Å². The highest BCUT2D eigenvalue weighted by molar-refractivity contribution is 6.04. The van der Waals surface area contributed by atoms with Gasteiger partial charge in [-0.3, -0.25) is 0 Å². The molecular formula is C52H37N. The fourth-order valence-electron chi connectivity index (χ4n) is 7.11. The Bertz CT molecular complexity index is 2830. The third kappa shape index (κ3) is 6.53. The molecule has 0 aliphatic heterocycles. The number of fused-ring (bicyclic) bond motifs is 1. The number of hydrogen-bond donors (Lipinski definition) is 0. The highest BCUT2D eigenvalue weighted by atomic mass is 15.1. The van der Waals surface area contributed by atoms with Crippen LogP contribution in [0.25, 0.3) is 66.4 Å². The van der Waals surface area contributed by atoms with Crippen molar-refractivity contribution in [2.75, 3.05) is 4.90 Å². The molecule has 1 nitrogen and oxygen atoms in total. The average molecular weight is 680 g/mol. The van der Waals surface area contributed by atoms with Crippen molar-refractivity contribution in [1.82, 2.24) is 0 Å². The van der Waals surface area contributed by atoms with Crippen molar-refractivity contribution < 1.29 is 5.48 Å². The van der Waals surface area contributed by atoms with Crippen molar-refractivity contribution in [2.45, 2.75) is 0 Å². The molecule has 0 aliphatic carbocycles. The van der Waals surface area contributed by atoms with Crippen LogP contribution in [0.2, 0.25) is 0 Å². The molecule has 0 bridgehead atoms. The van der Waals surface area contributed by atoms with Crippen molar-refractivity contribution in [3.05, 3.63) is 224 Å². The van der Waals surface area contributed by atoms with E-state index in [1.807, 2.05) is 120 Å². The molecule has 1 heteroatoms. The van der Waals surface area contributed by atoms with Gasteiger partial charge in [-0.2, -0.15) is 0 Å². The number of rotatable bonds is 8. The molecule has 0 spiro atoms. The van der Waals surface area contributed by atoms with Gasteiger partial charge >= 0.3 is 0 Å². The fraction of sp³-hybridized carbons (Fsp3) is 0. The highest BCUT2D eigenvalue weighted by Gasteiger charge is 2.16. The summed E-state index contributed by atoms with van der Waals surface area (Å²) in [6.45, 7) is 0. The molecule has 0 saturated carbocycles. The number of nitrogens with zero attached hydrogens (tertiary/aromatic N) is 1. The highest BCUT2D eigenvalue weighted by Crippen LogP contribution is 2.41. The first-order valence-corrected chi connectivity index (χ1v) is 17.9. The molecular weight excluding hydrogens is 639 g/mol. The summed E-state index contributed by atoms with van der Waals surface area (Å²) in [4.78, 5) is 1.85. The summed E-state index contributed by atoms with van der Waals surface area (Å²) in [5, 5.41) is 2.29. The average Bonchev–Trinajstić information content (AvgIpc) is 3.28. The molecule has 9 aromatic carbocycles. The zero-order valence-electron chi connectivity index (χ0n) is 33.0. The molecule has 0 aliphatic rings. The van der Waals surface area contributed by atoms with Crippen LogP contribution in [0.3, 0.4) is 0 Å². The van der Waals surface area contributed by atoms with Gasteiger partial charge in [0.1, 0.15) is 0 Å². The van der Waals surface area contributed by atoms with Gasteiger partial charge in [-0.1, -0.05) is 182 Å². The summed E-state index contributed by atoms with van der Waals surface area (Å²) in [7, 11) is 0. The van der Waals surface area contributed by atoms with Crippen molar-refractivity contribution in [3.63, 3.8) is 0 Å². The van der Waals surface area contributed by atoms with Gasteiger partial charge in [0.05, 0.1) is 5.48 Å². The van der Waals surface area contributed by atoms with E-state index in [1.165, 1.54) is 0 Å². The second kappa shape index (κ2) is 14.3. The third-order valence-electron chi connectivity index (χ3n) is 9.75. The molecule has 0 heterocycles. The number of benzene rings is 9. The SMILES string of the molecule is [2H]c1c([2H])c(N(c2ccc(-c3ccccc3)cc2)c2ccc(-c3c(-c4ccccc4)ccc4ccccc34)cc2)c([2H])c([2H])c1-c1cccc(-c2ccccc2)c1. The summed E-state index contributed by atoms with van der Waals surface area (Å²) in [5.41, 5.74) is 11.0. The standard InChI is InChI=1S/C52H37N/c1-4-13-38(14-5-1)40-23-30-47(31-24-40)53(48-32-25-41(26-33-48)46-21-12-20-45(37-46)39-15-6-2-7-16-39)49-34-27-44(28-35-49)52-50-22-11-10-19-43(50)29-36-51(52)42-17-8-3-9-18-42/h1-37H/i25D,26D,32D,33D. The predicted octanol–water partition coefficient (Wildman–Crippen LogP) is 14.6. The zero-order valence-corrected chi connectivity index (χ0v) is 29.0. The van der Waals surface area contributed by atoms with Gasteiger partial charge in [0.15, 0.2) is 0 Å². The molecule has 0 atom stereocenters. The monoisotopic (exact) mass is 679 g/mol. The van der Waals surface area contributed by atoms with Gasteiger partial charge in [-0.05, 0) is 109 Å². The molecule has 0 fully saturated rings. The minimum atomic E-state index is -0.118. The van der Waals surface area contributed by atoms with Crippen LogP contribution in [0, 0.1) is 0 Å². The van der Waals surface area contributed by atoms with Crippen LogP contribution in [-0.2, 0) is 0 Å². The molecule has 0 saturated heterocycles. The van der Waals surface area contributed by atoms with Crippen LogP contribution < -0.4 is 4.90 Å². The summed E-state index contributed by atoms with van der Waals surface area (Å²) in [5.74, 6) is 0. The van der Waals surface area contributed by atoms with Crippen molar-refractivity contribution in [1.29, 1.82) is 0 Å². The smallest absolute Gasteiger partial charge is 0.0645 e. The lowest BCUT2D eigenvalue weighted by Crippen LogP contribution is -2.09. The van der Waals surface area contributed by atoms with Gasteiger partial charge in [-0.25, -0.2) is 0 Å². The van der Waals surface area contributed by atoms with E-state index >= 15 is 0 Å². The molecule has 9 aromatic rings. The molecule has 0 unspecified atom stereocenters. The van der Waals surface area contributed by atoms with Gasteiger partial charge in [0, 0.05) is 17.1 Å². The Hall–Kier alpha value is -6.96. The van der Waals surface area contributed by atoms with E-state index < -0.39 is 0 Å². The Labute approximate surface area is 317 Å². The predicted molar refractivity (Wildman–Crippen MR) is 226 cm³/mol. The minimum absolute atomic E-state index is 0.0954. The van der Waals surface area contributed by atoms with Gasteiger partial charge in [0.25, 0.3) is 0 Å². The lowest BCUT2D eigenvalue weighted by molar-refractivity contribution is 1.28. The molecule has 0 aromatic heterocycles. The summed E-state index contributed by atoms with van der Waals surface area (Å²) < 4.78 is 37.7.